The summed E-state index contributed by atoms with van der Waals surface area (Å²) in [5, 5.41) is 3.74. The molecule has 2 fully saturated rings. The molecule has 2 saturated heterocycles. The van der Waals surface area contributed by atoms with Crippen molar-refractivity contribution in [3.63, 3.8) is 0 Å². The maximum atomic E-state index is 5.96. The number of nitrogens with one attached hydrogen (secondary N) is 1. The van der Waals surface area contributed by atoms with Crippen LogP contribution < -0.4 is 5.32 Å². The molecule has 3 atom stereocenters. The average Bonchev–Trinajstić information content (AvgIpc) is 2.83. The lowest BCUT2D eigenvalue weighted by Crippen LogP contribution is -2.46. The number of hydrogen-bond acceptors (Lipinski definition) is 3. The van der Waals surface area contributed by atoms with Crippen molar-refractivity contribution in [2.24, 2.45) is 0 Å². The molecule has 1 N–H and O–H groups in total. The van der Waals surface area contributed by atoms with Crippen LogP contribution in [0.4, 0.5) is 0 Å². The molecule has 0 aromatic heterocycles. The van der Waals surface area contributed by atoms with Crippen molar-refractivity contribution in [3.05, 3.63) is 35.4 Å². The van der Waals surface area contributed by atoms with Gasteiger partial charge in [-0.3, -0.25) is 4.90 Å². The molecule has 0 spiro atoms. The number of hydrogen-bond donors (Lipinski definition) is 1. The summed E-state index contributed by atoms with van der Waals surface area (Å²) in [5.74, 6) is 0. The molecule has 3 rings (SSSR count). The van der Waals surface area contributed by atoms with Crippen LogP contribution in [0.1, 0.15) is 43.4 Å². The van der Waals surface area contributed by atoms with E-state index in [-0.39, 0.29) is 0 Å². The first kappa shape index (κ1) is 15.0. The fraction of sp³-hybridized carbons (Fsp3) is 0.667. The molecule has 2 bridgehead atoms. The average molecular weight is 288 g/mol. The summed E-state index contributed by atoms with van der Waals surface area (Å²) in [5.41, 5.74) is 2.84. The van der Waals surface area contributed by atoms with Gasteiger partial charge in [-0.15, -0.1) is 0 Å². The van der Waals surface area contributed by atoms with Gasteiger partial charge in [0.2, 0.25) is 0 Å². The van der Waals surface area contributed by atoms with E-state index in [2.05, 4.69) is 48.3 Å². The van der Waals surface area contributed by atoms with Crippen LogP contribution in [0.2, 0.25) is 0 Å². The van der Waals surface area contributed by atoms with Gasteiger partial charge in [0.1, 0.15) is 0 Å². The quantitative estimate of drug-likeness (QED) is 0.871. The zero-order valence-corrected chi connectivity index (χ0v) is 13.3. The van der Waals surface area contributed by atoms with E-state index in [1.807, 2.05) is 0 Å². The number of fused-ring (bicyclic) bond motifs is 2. The first-order valence-corrected chi connectivity index (χ1v) is 8.43. The Morgan fingerprint density at radius 1 is 1.24 bits per heavy atom. The molecular weight excluding hydrogens is 260 g/mol. The van der Waals surface area contributed by atoms with Crippen LogP contribution in [-0.2, 0) is 4.74 Å². The highest BCUT2D eigenvalue weighted by Crippen LogP contribution is 2.28. The maximum Gasteiger partial charge on any atom is 0.0707 e. The van der Waals surface area contributed by atoms with E-state index < -0.39 is 0 Å². The summed E-state index contributed by atoms with van der Waals surface area (Å²) in [6, 6.07) is 9.22. The Morgan fingerprint density at radius 3 is 2.62 bits per heavy atom. The first-order valence-electron chi connectivity index (χ1n) is 8.43. The normalized spacial score (nSPS) is 27.0. The maximum absolute atomic E-state index is 5.96. The Bertz CT molecular complexity index is 450. The molecular formula is C18H28N2O. The SMILES string of the molecule is CCCNC(CN1CC2CCC(C1)O2)c1ccccc1C. The number of rotatable bonds is 6. The van der Waals surface area contributed by atoms with E-state index in [0.29, 0.717) is 18.2 Å². The predicted molar refractivity (Wildman–Crippen MR) is 86.5 cm³/mol. The van der Waals surface area contributed by atoms with Gasteiger partial charge in [-0.05, 0) is 43.9 Å². The van der Waals surface area contributed by atoms with E-state index >= 15 is 0 Å². The molecule has 0 aliphatic carbocycles. The standard InChI is InChI=1S/C18H28N2O/c1-3-10-19-18(17-7-5-4-6-14(17)2)13-20-11-15-8-9-16(12-20)21-15/h4-7,15-16,18-19H,3,8-13H2,1-2H3. The molecule has 3 nitrogen and oxygen atoms in total. The van der Waals surface area contributed by atoms with Gasteiger partial charge in [0, 0.05) is 25.7 Å². The highest BCUT2D eigenvalue weighted by atomic mass is 16.5. The minimum Gasteiger partial charge on any atom is -0.372 e. The molecule has 0 amide bonds. The van der Waals surface area contributed by atoms with Crippen LogP contribution in [0.3, 0.4) is 0 Å². The van der Waals surface area contributed by atoms with E-state index in [0.717, 1.165) is 26.2 Å². The summed E-state index contributed by atoms with van der Waals surface area (Å²) in [4.78, 5) is 2.60. The fourth-order valence-corrected chi connectivity index (χ4v) is 3.68. The number of aryl methyl sites for hydroxylation is 1. The highest BCUT2D eigenvalue weighted by Gasteiger charge is 2.34. The minimum absolute atomic E-state index is 0.434. The molecule has 21 heavy (non-hydrogen) atoms. The minimum atomic E-state index is 0.434. The van der Waals surface area contributed by atoms with Gasteiger partial charge in [0.25, 0.3) is 0 Å². The van der Waals surface area contributed by atoms with Crippen molar-refractivity contribution in [2.45, 2.75) is 51.4 Å². The summed E-state index contributed by atoms with van der Waals surface area (Å²) in [6.07, 6.45) is 4.63. The number of ether oxygens (including phenoxy) is 1. The number of nitrogens with zero attached hydrogens (tertiary/aromatic N) is 1. The molecule has 1 aromatic carbocycles. The van der Waals surface area contributed by atoms with Gasteiger partial charge in [-0.25, -0.2) is 0 Å². The lowest BCUT2D eigenvalue weighted by molar-refractivity contribution is -0.0407. The van der Waals surface area contributed by atoms with Crippen molar-refractivity contribution >= 4 is 0 Å². The van der Waals surface area contributed by atoms with E-state index in [1.54, 1.807) is 0 Å². The topological polar surface area (TPSA) is 24.5 Å². The van der Waals surface area contributed by atoms with Crippen LogP contribution in [0.25, 0.3) is 0 Å². The number of likely N-dealkylation sites (tertiary alicyclic amines) is 1. The molecule has 0 saturated carbocycles. The Labute approximate surface area is 128 Å². The van der Waals surface area contributed by atoms with Gasteiger partial charge >= 0.3 is 0 Å². The summed E-state index contributed by atoms with van der Waals surface area (Å²) >= 11 is 0. The second-order valence-electron chi connectivity index (χ2n) is 6.54. The van der Waals surface area contributed by atoms with Crippen molar-refractivity contribution in [2.75, 3.05) is 26.2 Å². The lowest BCUT2D eigenvalue weighted by Gasteiger charge is -2.35. The second kappa shape index (κ2) is 6.91. The summed E-state index contributed by atoms with van der Waals surface area (Å²) in [7, 11) is 0. The zero-order chi connectivity index (χ0) is 14.7. The van der Waals surface area contributed by atoms with E-state index in [4.69, 9.17) is 4.74 Å². The molecule has 0 radical (unpaired) electrons. The van der Waals surface area contributed by atoms with Gasteiger partial charge < -0.3 is 10.1 Å². The van der Waals surface area contributed by atoms with Gasteiger partial charge in [0.05, 0.1) is 12.2 Å². The van der Waals surface area contributed by atoms with Gasteiger partial charge in [-0.2, -0.15) is 0 Å². The van der Waals surface area contributed by atoms with Crippen LogP contribution in [0.15, 0.2) is 24.3 Å². The second-order valence-corrected chi connectivity index (χ2v) is 6.54. The monoisotopic (exact) mass is 288 g/mol. The first-order chi connectivity index (χ1) is 10.3. The summed E-state index contributed by atoms with van der Waals surface area (Å²) in [6.45, 7) is 8.84. The fourth-order valence-electron chi connectivity index (χ4n) is 3.68. The molecule has 2 aliphatic heterocycles. The predicted octanol–water partition coefficient (Wildman–Crippen LogP) is 2.90. The third-order valence-electron chi connectivity index (χ3n) is 4.76. The largest absolute Gasteiger partial charge is 0.372 e. The highest BCUT2D eigenvalue weighted by molar-refractivity contribution is 5.29. The third kappa shape index (κ3) is 3.65. The van der Waals surface area contributed by atoms with E-state index in [1.165, 1.54) is 30.4 Å². The van der Waals surface area contributed by atoms with E-state index in [9.17, 15) is 0 Å². The van der Waals surface area contributed by atoms with Crippen LogP contribution >= 0.6 is 0 Å². The summed E-state index contributed by atoms with van der Waals surface area (Å²) < 4.78 is 5.96. The number of benzene rings is 1. The van der Waals surface area contributed by atoms with Crippen LogP contribution in [0.5, 0.6) is 0 Å². The van der Waals surface area contributed by atoms with Crippen LogP contribution in [0, 0.1) is 6.92 Å². The molecule has 2 heterocycles. The Kier molecular flexibility index (Phi) is 4.94. The lowest BCUT2D eigenvalue weighted by atomic mass is 10.0. The molecule has 1 aromatic rings. The zero-order valence-electron chi connectivity index (χ0n) is 13.3. The molecule has 116 valence electrons. The van der Waals surface area contributed by atoms with Crippen molar-refractivity contribution in [1.82, 2.24) is 10.2 Å². The molecule has 3 unspecified atom stereocenters. The Balaban J connectivity index is 1.69. The Morgan fingerprint density at radius 2 is 1.95 bits per heavy atom. The Hall–Kier alpha value is -0.900. The van der Waals surface area contributed by atoms with Gasteiger partial charge in [-0.1, -0.05) is 31.2 Å². The van der Waals surface area contributed by atoms with Gasteiger partial charge in [0.15, 0.2) is 0 Å². The van der Waals surface area contributed by atoms with Crippen molar-refractivity contribution in [3.8, 4) is 0 Å². The molecule has 2 aliphatic rings. The third-order valence-corrected chi connectivity index (χ3v) is 4.76. The van der Waals surface area contributed by atoms with Crippen molar-refractivity contribution in [1.29, 1.82) is 0 Å². The number of morpholine rings is 1. The smallest absolute Gasteiger partial charge is 0.0707 e. The van der Waals surface area contributed by atoms with Crippen molar-refractivity contribution < 1.29 is 4.74 Å². The molecule has 3 heteroatoms. The van der Waals surface area contributed by atoms with Crippen LogP contribution in [-0.4, -0.2) is 43.3 Å².